The van der Waals surface area contributed by atoms with Crippen LogP contribution in [0, 0.1) is 11.3 Å². The van der Waals surface area contributed by atoms with Crippen molar-refractivity contribution in [3.05, 3.63) is 105 Å². The molecule has 0 N–H and O–H groups in total. The monoisotopic (exact) mass is 468 g/mol. The molecule has 2 aliphatic rings. The van der Waals surface area contributed by atoms with Crippen molar-refractivity contribution >= 4 is 11.0 Å². The summed E-state index contributed by atoms with van der Waals surface area (Å²) in [6.07, 6.45) is 14.3. The lowest BCUT2D eigenvalue weighted by molar-refractivity contribution is 0.511. The number of hydrogen-bond acceptors (Lipinski definition) is 2. The Labute approximate surface area is 210 Å². The third-order valence-corrected chi connectivity index (χ3v) is 7.48. The van der Waals surface area contributed by atoms with Crippen LogP contribution in [0.5, 0.6) is 0 Å². The summed E-state index contributed by atoms with van der Waals surface area (Å²) in [6.45, 7) is 19.5. The molecular weight excluding hydrogens is 428 g/mol. The maximum Gasteiger partial charge on any atom is 0.196 e. The Balaban J connectivity index is 1.86. The van der Waals surface area contributed by atoms with E-state index >= 15 is 0 Å². The SMILES string of the molecule is C=CCC1CC=C/C=C(/C(C)(C)C)C=C1C1=C(C)Cc2oc3ccc(C(C)(C)C)cc3c(=O)c2C1. The third-order valence-electron chi connectivity index (χ3n) is 7.48. The van der Waals surface area contributed by atoms with Crippen LogP contribution in [0.1, 0.15) is 78.2 Å². The second-order valence-corrected chi connectivity index (χ2v) is 12.3. The minimum Gasteiger partial charge on any atom is -0.460 e. The molecule has 2 aliphatic carbocycles. The van der Waals surface area contributed by atoms with Crippen LogP contribution in [-0.4, -0.2) is 0 Å². The first kappa shape index (κ1) is 25.2. The van der Waals surface area contributed by atoms with Crippen molar-refractivity contribution < 1.29 is 4.42 Å². The van der Waals surface area contributed by atoms with Gasteiger partial charge in [-0.1, -0.05) is 83.6 Å². The van der Waals surface area contributed by atoms with E-state index in [1.54, 1.807) is 0 Å². The fourth-order valence-corrected chi connectivity index (χ4v) is 5.19. The van der Waals surface area contributed by atoms with Gasteiger partial charge in [-0.15, -0.1) is 6.58 Å². The topological polar surface area (TPSA) is 30.2 Å². The number of benzene rings is 1. The molecule has 4 rings (SSSR count). The maximum absolute atomic E-state index is 13.8. The maximum atomic E-state index is 13.8. The molecule has 2 heteroatoms. The zero-order valence-electron chi connectivity index (χ0n) is 22.5. The zero-order valence-corrected chi connectivity index (χ0v) is 22.5. The van der Waals surface area contributed by atoms with E-state index in [0.29, 0.717) is 29.7 Å². The van der Waals surface area contributed by atoms with Crippen LogP contribution in [0.4, 0.5) is 0 Å². The number of hydrogen-bond donors (Lipinski definition) is 0. The molecule has 1 atom stereocenters. The fourth-order valence-electron chi connectivity index (χ4n) is 5.19. The molecule has 2 aromatic rings. The Hall–Kier alpha value is -2.87. The predicted octanol–water partition coefficient (Wildman–Crippen LogP) is 8.56. The van der Waals surface area contributed by atoms with Crippen molar-refractivity contribution in [2.45, 2.75) is 79.6 Å². The molecule has 0 fully saturated rings. The van der Waals surface area contributed by atoms with E-state index in [0.717, 1.165) is 29.7 Å². The van der Waals surface area contributed by atoms with Crippen molar-refractivity contribution in [3.63, 3.8) is 0 Å². The average Bonchev–Trinajstić information content (AvgIpc) is 2.74. The van der Waals surface area contributed by atoms with Gasteiger partial charge in [0.2, 0.25) is 0 Å². The van der Waals surface area contributed by atoms with E-state index in [1.807, 2.05) is 18.2 Å². The Bertz CT molecular complexity index is 1340. The first-order chi connectivity index (χ1) is 16.4. The highest BCUT2D eigenvalue weighted by molar-refractivity contribution is 5.79. The van der Waals surface area contributed by atoms with E-state index in [9.17, 15) is 4.79 Å². The Morgan fingerprint density at radius 3 is 2.49 bits per heavy atom. The lowest BCUT2D eigenvalue weighted by Crippen LogP contribution is -2.22. The minimum atomic E-state index is -0.0248. The second kappa shape index (κ2) is 9.30. The molecule has 0 amide bonds. The quantitative estimate of drug-likeness (QED) is 0.422. The van der Waals surface area contributed by atoms with Crippen molar-refractivity contribution in [2.75, 3.05) is 0 Å². The van der Waals surface area contributed by atoms with Gasteiger partial charge in [0, 0.05) is 18.4 Å². The molecule has 0 saturated heterocycles. The summed E-state index contributed by atoms with van der Waals surface area (Å²) in [5.74, 6) is 1.17. The van der Waals surface area contributed by atoms with Gasteiger partial charge >= 0.3 is 0 Å². The van der Waals surface area contributed by atoms with Crippen molar-refractivity contribution in [2.24, 2.45) is 11.3 Å². The van der Waals surface area contributed by atoms with E-state index in [1.165, 1.54) is 22.3 Å². The molecule has 0 bridgehead atoms. The number of fused-ring (bicyclic) bond motifs is 2. The van der Waals surface area contributed by atoms with Crippen molar-refractivity contribution in [3.8, 4) is 0 Å². The summed E-state index contributed by atoms with van der Waals surface area (Å²) in [5.41, 5.74) is 8.05. The van der Waals surface area contributed by atoms with E-state index < -0.39 is 0 Å². The standard InChI is InChI=1S/C33H40O2/c1-9-12-22-13-10-11-14-23(32(3,4)5)18-26(22)25-20-28-30(17-21(25)2)35-29-16-15-24(33(6,7)8)19-27(29)31(28)34/h9-11,14-16,18-19,22H,1,12-13,17,20H2,2-8H3/b11-10?,23-14+,26-18?. The molecule has 184 valence electrons. The van der Waals surface area contributed by atoms with Crippen LogP contribution >= 0.6 is 0 Å². The van der Waals surface area contributed by atoms with Crippen molar-refractivity contribution in [1.29, 1.82) is 0 Å². The Morgan fingerprint density at radius 2 is 1.83 bits per heavy atom. The second-order valence-electron chi connectivity index (χ2n) is 12.3. The van der Waals surface area contributed by atoms with E-state index in [4.69, 9.17) is 4.42 Å². The highest BCUT2D eigenvalue weighted by Crippen LogP contribution is 2.39. The summed E-state index contributed by atoms with van der Waals surface area (Å²) in [4.78, 5) is 13.8. The fraction of sp³-hybridized carbons (Fsp3) is 0.424. The Kier molecular flexibility index (Phi) is 6.70. The van der Waals surface area contributed by atoms with Gasteiger partial charge < -0.3 is 4.42 Å². The third kappa shape index (κ3) is 5.08. The van der Waals surface area contributed by atoms with Gasteiger partial charge in [-0.2, -0.15) is 0 Å². The molecular formula is C33H40O2. The van der Waals surface area contributed by atoms with Crippen LogP contribution in [0.25, 0.3) is 11.0 Å². The first-order valence-corrected chi connectivity index (χ1v) is 12.9. The first-order valence-electron chi connectivity index (χ1n) is 12.9. The molecule has 2 nitrogen and oxygen atoms in total. The summed E-state index contributed by atoms with van der Waals surface area (Å²) in [5, 5.41) is 0.697. The molecule has 1 aromatic heterocycles. The van der Waals surface area contributed by atoms with Gasteiger partial charge in [-0.3, -0.25) is 4.79 Å². The molecule has 0 spiro atoms. The summed E-state index contributed by atoms with van der Waals surface area (Å²) < 4.78 is 6.34. The molecule has 0 aliphatic heterocycles. The van der Waals surface area contributed by atoms with Crippen LogP contribution in [0.2, 0.25) is 0 Å². The summed E-state index contributed by atoms with van der Waals surface area (Å²) in [7, 11) is 0. The van der Waals surface area contributed by atoms with Gasteiger partial charge in [0.15, 0.2) is 5.43 Å². The van der Waals surface area contributed by atoms with Crippen LogP contribution in [0.3, 0.4) is 0 Å². The number of allylic oxidation sites excluding steroid dienone is 9. The molecule has 35 heavy (non-hydrogen) atoms. The molecule has 1 heterocycles. The Morgan fingerprint density at radius 1 is 1.09 bits per heavy atom. The summed E-state index contributed by atoms with van der Waals surface area (Å²) in [6, 6.07) is 6.09. The predicted molar refractivity (Wildman–Crippen MR) is 149 cm³/mol. The average molecular weight is 469 g/mol. The lowest BCUT2D eigenvalue weighted by Gasteiger charge is -2.30. The van der Waals surface area contributed by atoms with E-state index in [2.05, 4.69) is 85.4 Å². The largest absolute Gasteiger partial charge is 0.460 e. The van der Waals surface area contributed by atoms with Gasteiger partial charge in [0.1, 0.15) is 11.3 Å². The van der Waals surface area contributed by atoms with Gasteiger partial charge in [-0.25, -0.2) is 0 Å². The van der Waals surface area contributed by atoms with Crippen LogP contribution in [0.15, 0.2) is 86.7 Å². The van der Waals surface area contributed by atoms with Crippen LogP contribution < -0.4 is 5.43 Å². The highest BCUT2D eigenvalue weighted by atomic mass is 16.3. The van der Waals surface area contributed by atoms with Crippen LogP contribution in [-0.2, 0) is 18.3 Å². The van der Waals surface area contributed by atoms with Crippen molar-refractivity contribution in [1.82, 2.24) is 0 Å². The zero-order chi connectivity index (χ0) is 25.5. The normalized spacial score (nSPS) is 20.6. The van der Waals surface area contributed by atoms with E-state index in [-0.39, 0.29) is 16.3 Å². The van der Waals surface area contributed by atoms with Gasteiger partial charge in [0.25, 0.3) is 0 Å². The molecule has 0 saturated carbocycles. The molecule has 0 radical (unpaired) electrons. The van der Waals surface area contributed by atoms with Gasteiger partial charge in [-0.05, 0) is 70.9 Å². The number of rotatable bonds is 3. The summed E-state index contributed by atoms with van der Waals surface area (Å²) >= 11 is 0. The highest BCUT2D eigenvalue weighted by Gasteiger charge is 2.28. The van der Waals surface area contributed by atoms with Gasteiger partial charge in [0.05, 0.1) is 5.39 Å². The minimum absolute atomic E-state index is 0.0248. The lowest BCUT2D eigenvalue weighted by atomic mass is 9.75. The smallest absolute Gasteiger partial charge is 0.196 e. The molecule has 1 unspecified atom stereocenters. The molecule has 1 aromatic carbocycles.